The number of hydrogen-bond acceptors (Lipinski definition) is 3. The molecule has 0 saturated carbocycles. The van der Waals surface area contributed by atoms with Crippen molar-refractivity contribution in [2.45, 2.75) is 32.5 Å². The van der Waals surface area contributed by atoms with Crippen molar-refractivity contribution < 1.29 is 18.0 Å². The first kappa shape index (κ1) is 20.2. The van der Waals surface area contributed by atoms with Crippen LogP contribution in [0.2, 0.25) is 5.02 Å². The number of nitrogens with zero attached hydrogens (tertiary/aromatic N) is 3. The maximum absolute atomic E-state index is 13.1. The highest BCUT2D eigenvalue weighted by molar-refractivity contribution is 7.20. The Kier molecular flexibility index (Phi) is 5.33. The molecule has 0 bridgehead atoms. The summed E-state index contributed by atoms with van der Waals surface area (Å²) in [4.78, 5) is 15.5. The van der Waals surface area contributed by atoms with Gasteiger partial charge in [-0.05, 0) is 43.5 Å². The fraction of sp³-hybridized carbons (Fsp3) is 0.400. The highest BCUT2D eigenvalue weighted by atomic mass is 35.5. The summed E-state index contributed by atoms with van der Waals surface area (Å²) in [6.07, 6.45) is -3.83. The lowest BCUT2D eigenvalue weighted by Crippen LogP contribution is -2.44. The number of likely N-dealkylation sites (tertiary alicyclic amines) is 1. The van der Waals surface area contributed by atoms with Crippen LogP contribution in [-0.2, 0) is 6.54 Å². The third-order valence-corrected chi connectivity index (χ3v) is 6.62. The van der Waals surface area contributed by atoms with E-state index in [-0.39, 0.29) is 18.9 Å². The van der Waals surface area contributed by atoms with Gasteiger partial charge in [0.15, 0.2) is 0 Å². The molecule has 1 aliphatic heterocycles. The Morgan fingerprint density at radius 2 is 2.03 bits per heavy atom. The number of fused-ring (bicyclic) bond motifs is 1. The van der Waals surface area contributed by atoms with Gasteiger partial charge in [0.1, 0.15) is 4.83 Å². The summed E-state index contributed by atoms with van der Waals surface area (Å²) in [7, 11) is 0. The van der Waals surface area contributed by atoms with Crippen LogP contribution in [0.1, 0.15) is 33.8 Å². The Bertz CT molecular complexity index is 1040. The van der Waals surface area contributed by atoms with Crippen molar-refractivity contribution in [1.82, 2.24) is 14.7 Å². The van der Waals surface area contributed by atoms with E-state index in [1.54, 1.807) is 18.2 Å². The summed E-state index contributed by atoms with van der Waals surface area (Å²) >= 11 is 7.21. The van der Waals surface area contributed by atoms with Gasteiger partial charge in [-0.3, -0.25) is 9.48 Å². The molecular weight excluding hydrogens is 423 g/mol. The Morgan fingerprint density at radius 3 is 2.72 bits per heavy atom. The van der Waals surface area contributed by atoms with Crippen LogP contribution >= 0.6 is 22.9 Å². The summed E-state index contributed by atoms with van der Waals surface area (Å²) in [5, 5.41) is 6.05. The maximum atomic E-state index is 13.1. The van der Waals surface area contributed by atoms with Crippen molar-refractivity contribution in [2.75, 3.05) is 13.1 Å². The largest absolute Gasteiger partial charge is 0.393 e. The molecule has 1 saturated heterocycles. The van der Waals surface area contributed by atoms with E-state index in [1.807, 2.05) is 23.7 Å². The number of halogens is 4. The molecule has 1 fully saturated rings. The molecule has 29 heavy (non-hydrogen) atoms. The minimum atomic E-state index is -4.27. The minimum Gasteiger partial charge on any atom is -0.337 e. The average Bonchev–Trinajstić information content (AvgIpc) is 3.24. The van der Waals surface area contributed by atoms with Crippen LogP contribution in [0.3, 0.4) is 0 Å². The fourth-order valence-electron chi connectivity index (χ4n) is 3.67. The van der Waals surface area contributed by atoms with Gasteiger partial charge in [0, 0.05) is 23.5 Å². The standard InChI is InChI=1S/C20H19ClF3N3OS/c1-12-16-9-17(18(28)26-8-2-3-14(11-26)20(22,23)24)29-19(16)27(25-12)10-13-4-6-15(21)7-5-13/h4-7,9,14H,2-3,8,10-11H2,1H3. The molecule has 2 aromatic heterocycles. The Morgan fingerprint density at radius 1 is 1.31 bits per heavy atom. The molecule has 4 rings (SSSR count). The Balaban J connectivity index is 1.58. The highest BCUT2D eigenvalue weighted by Gasteiger charge is 2.43. The molecule has 0 aliphatic carbocycles. The predicted octanol–water partition coefficient (Wildman–Crippen LogP) is 5.52. The van der Waals surface area contributed by atoms with E-state index in [9.17, 15) is 18.0 Å². The van der Waals surface area contributed by atoms with E-state index in [0.29, 0.717) is 29.4 Å². The monoisotopic (exact) mass is 441 g/mol. The van der Waals surface area contributed by atoms with Gasteiger partial charge < -0.3 is 4.90 Å². The van der Waals surface area contributed by atoms with Gasteiger partial charge in [-0.1, -0.05) is 23.7 Å². The number of amides is 1. The Labute approximate surface area is 174 Å². The summed E-state index contributed by atoms with van der Waals surface area (Å²) in [5.74, 6) is -1.78. The second-order valence-corrected chi connectivity index (χ2v) is 8.80. The number of alkyl halides is 3. The van der Waals surface area contributed by atoms with E-state index >= 15 is 0 Å². The van der Waals surface area contributed by atoms with E-state index < -0.39 is 12.1 Å². The number of carbonyl (C=O) groups is 1. The van der Waals surface area contributed by atoms with Crippen LogP contribution < -0.4 is 0 Å². The normalized spacial score (nSPS) is 17.8. The SMILES string of the molecule is Cc1nn(Cc2ccc(Cl)cc2)c2sc(C(=O)N3CCCC(C(F)(F)F)C3)cc12. The maximum Gasteiger partial charge on any atom is 0.393 e. The van der Waals surface area contributed by atoms with Gasteiger partial charge in [0.25, 0.3) is 5.91 Å². The summed E-state index contributed by atoms with van der Waals surface area (Å²) in [6.45, 7) is 2.47. The van der Waals surface area contributed by atoms with Gasteiger partial charge in [-0.15, -0.1) is 11.3 Å². The molecule has 1 aliphatic rings. The quantitative estimate of drug-likeness (QED) is 0.536. The van der Waals surface area contributed by atoms with Crippen LogP contribution in [-0.4, -0.2) is 39.9 Å². The number of aromatic nitrogens is 2. The van der Waals surface area contributed by atoms with Crippen LogP contribution in [0, 0.1) is 12.8 Å². The zero-order valence-corrected chi connectivity index (χ0v) is 17.2. The third-order valence-electron chi connectivity index (χ3n) is 5.24. The van der Waals surface area contributed by atoms with Gasteiger partial charge >= 0.3 is 6.18 Å². The first-order valence-electron chi connectivity index (χ1n) is 9.30. The molecule has 0 spiro atoms. The zero-order valence-electron chi connectivity index (χ0n) is 15.7. The smallest absolute Gasteiger partial charge is 0.337 e. The highest BCUT2D eigenvalue weighted by Crippen LogP contribution is 2.35. The molecule has 1 unspecified atom stereocenters. The molecule has 0 radical (unpaired) electrons. The van der Waals surface area contributed by atoms with Crippen LogP contribution in [0.25, 0.3) is 10.2 Å². The number of carbonyl (C=O) groups excluding carboxylic acids is 1. The first-order valence-corrected chi connectivity index (χ1v) is 10.5. The van der Waals surface area contributed by atoms with E-state index in [4.69, 9.17) is 11.6 Å². The van der Waals surface area contributed by atoms with Crippen LogP contribution in [0.15, 0.2) is 30.3 Å². The lowest BCUT2D eigenvalue weighted by atomic mass is 9.97. The number of aryl methyl sites for hydroxylation is 1. The number of rotatable bonds is 3. The molecule has 3 aromatic rings. The molecule has 4 nitrogen and oxygen atoms in total. The number of hydrogen-bond donors (Lipinski definition) is 0. The second-order valence-electron chi connectivity index (χ2n) is 7.33. The zero-order chi connectivity index (χ0) is 20.8. The molecule has 1 amide bonds. The van der Waals surface area contributed by atoms with Crippen LogP contribution in [0.5, 0.6) is 0 Å². The van der Waals surface area contributed by atoms with Crippen molar-refractivity contribution >= 4 is 39.1 Å². The van der Waals surface area contributed by atoms with Crippen molar-refractivity contribution in [3.05, 3.63) is 51.5 Å². The molecule has 0 N–H and O–H groups in total. The first-order chi connectivity index (χ1) is 13.7. The summed E-state index contributed by atoms with van der Waals surface area (Å²) in [6, 6.07) is 9.19. The topological polar surface area (TPSA) is 38.1 Å². The molecule has 1 atom stereocenters. The third kappa shape index (κ3) is 4.14. The van der Waals surface area contributed by atoms with Crippen molar-refractivity contribution in [3.8, 4) is 0 Å². The van der Waals surface area contributed by atoms with Gasteiger partial charge in [-0.2, -0.15) is 18.3 Å². The molecule has 1 aromatic carbocycles. The minimum absolute atomic E-state index is 0.0782. The lowest BCUT2D eigenvalue weighted by Gasteiger charge is -2.33. The average molecular weight is 442 g/mol. The number of benzene rings is 1. The fourth-order valence-corrected chi connectivity index (χ4v) is 4.93. The van der Waals surface area contributed by atoms with Crippen molar-refractivity contribution in [2.24, 2.45) is 5.92 Å². The lowest BCUT2D eigenvalue weighted by molar-refractivity contribution is -0.184. The Hall–Kier alpha value is -2.06. The second kappa shape index (κ2) is 7.65. The van der Waals surface area contributed by atoms with E-state index in [0.717, 1.165) is 21.5 Å². The van der Waals surface area contributed by atoms with Crippen molar-refractivity contribution in [3.63, 3.8) is 0 Å². The van der Waals surface area contributed by atoms with Crippen molar-refractivity contribution in [1.29, 1.82) is 0 Å². The van der Waals surface area contributed by atoms with Gasteiger partial charge in [0.05, 0.1) is 23.0 Å². The summed E-state index contributed by atoms with van der Waals surface area (Å²) < 4.78 is 41.1. The van der Waals surface area contributed by atoms with Crippen LogP contribution in [0.4, 0.5) is 13.2 Å². The van der Waals surface area contributed by atoms with Gasteiger partial charge in [0.2, 0.25) is 0 Å². The van der Waals surface area contributed by atoms with E-state index in [1.165, 1.54) is 16.2 Å². The molecule has 3 heterocycles. The van der Waals surface area contributed by atoms with Gasteiger partial charge in [-0.25, -0.2) is 0 Å². The summed E-state index contributed by atoms with van der Waals surface area (Å²) in [5.41, 5.74) is 1.81. The predicted molar refractivity (Wildman–Crippen MR) is 108 cm³/mol. The molecule has 9 heteroatoms. The van der Waals surface area contributed by atoms with E-state index in [2.05, 4.69) is 5.10 Å². The number of thiophene rings is 1. The number of piperidine rings is 1. The molecular formula is C20H19ClF3N3OS. The molecule has 154 valence electrons.